The van der Waals surface area contributed by atoms with Gasteiger partial charge in [0.05, 0.1) is 18.2 Å². The molecule has 25 heavy (non-hydrogen) atoms. The van der Waals surface area contributed by atoms with E-state index in [-0.39, 0.29) is 33.8 Å². The van der Waals surface area contributed by atoms with E-state index in [1.165, 1.54) is 6.07 Å². The molecule has 0 atom stereocenters. The molecular weight excluding hydrogens is 322 g/mol. The van der Waals surface area contributed by atoms with E-state index >= 15 is 0 Å². The normalized spacial score (nSPS) is 11.7. The van der Waals surface area contributed by atoms with E-state index < -0.39 is 11.0 Å². The van der Waals surface area contributed by atoms with Crippen LogP contribution in [0.4, 0.5) is 0 Å². The van der Waals surface area contributed by atoms with Gasteiger partial charge in [-0.2, -0.15) is 0 Å². The van der Waals surface area contributed by atoms with Crippen LogP contribution in [0.2, 0.25) is 0 Å². The van der Waals surface area contributed by atoms with E-state index in [4.69, 9.17) is 14.9 Å². The molecule has 0 aliphatic rings. The molecule has 4 N–H and O–H groups in total. The Bertz CT molecular complexity index is 997. The van der Waals surface area contributed by atoms with Crippen LogP contribution < -0.4 is 15.9 Å². The Balaban J connectivity index is 2.43. The molecule has 3 rings (SSSR count). The van der Waals surface area contributed by atoms with Crippen LogP contribution in [0.15, 0.2) is 45.6 Å². The molecule has 0 saturated heterocycles. The van der Waals surface area contributed by atoms with Gasteiger partial charge in [-0.15, -0.1) is 0 Å². The van der Waals surface area contributed by atoms with Crippen molar-refractivity contribution < 1.29 is 19.4 Å². The van der Waals surface area contributed by atoms with Crippen LogP contribution >= 0.6 is 0 Å². The predicted molar refractivity (Wildman–Crippen MR) is 95.0 cm³/mol. The number of methoxy groups -OCH3 is 1. The van der Waals surface area contributed by atoms with Crippen LogP contribution in [0.1, 0.15) is 19.6 Å². The zero-order valence-electron chi connectivity index (χ0n) is 14.2. The van der Waals surface area contributed by atoms with E-state index in [1.807, 2.05) is 0 Å². The van der Waals surface area contributed by atoms with Gasteiger partial charge in [-0.25, -0.2) is 0 Å². The van der Waals surface area contributed by atoms with Crippen molar-refractivity contribution in [2.45, 2.75) is 19.4 Å². The fourth-order valence-corrected chi connectivity index (χ4v) is 2.76. The Morgan fingerprint density at radius 3 is 2.32 bits per heavy atom. The first-order chi connectivity index (χ1) is 11.7. The van der Waals surface area contributed by atoms with Gasteiger partial charge in [0.2, 0.25) is 5.43 Å². The summed E-state index contributed by atoms with van der Waals surface area (Å²) in [5, 5.41) is 19.8. The number of phenols is 2. The predicted octanol–water partition coefficient (Wildman–Crippen LogP) is 3.07. The standard InChI is InChI=1S/C19H19NO5/c1-19(2,20)18-15(10-4-6-12(24-3)7-5-10)17(23)16-13(22)8-11(21)9-14(16)25-18/h4-9,21-22H,20H2,1-3H3. The smallest absolute Gasteiger partial charge is 0.204 e. The Morgan fingerprint density at radius 2 is 1.76 bits per heavy atom. The van der Waals surface area contributed by atoms with Crippen molar-refractivity contribution in [3.8, 4) is 28.4 Å². The Kier molecular flexibility index (Phi) is 3.93. The molecule has 2 aromatic carbocycles. The lowest BCUT2D eigenvalue weighted by molar-refractivity contribution is 0.403. The molecule has 130 valence electrons. The second-order valence-corrected chi connectivity index (χ2v) is 6.42. The minimum Gasteiger partial charge on any atom is -0.508 e. The summed E-state index contributed by atoms with van der Waals surface area (Å²) in [4.78, 5) is 13.1. The largest absolute Gasteiger partial charge is 0.508 e. The molecule has 6 heteroatoms. The van der Waals surface area contributed by atoms with Gasteiger partial charge >= 0.3 is 0 Å². The van der Waals surface area contributed by atoms with Gasteiger partial charge in [0.25, 0.3) is 0 Å². The summed E-state index contributed by atoms with van der Waals surface area (Å²) >= 11 is 0. The minimum absolute atomic E-state index is 0.00313. The van der Waals surface area contributed by atoms with Crippen LogP contribution in [-0.2, 0) is 5.54 Å². The second-order valence-electron chi connectivity index (χ2n) is 6.42. The molecule has 0 fully saturated rings. The van der Waals surface area contributed by atoms with Crippen LogP contribution in [0, 0.1) is 0 Å². The number of phenolic OH excluding ortho intramolecular Hbond substituents is 2. The van der Waals surface area contributed by atoms with E-state index in [1.54, 1.807) is 45.2 Å². The lowest BCUT2D eigenvalue weighted by Crippen LogP contribution is -2.31. The monoisotopic (exact) mass is 341 g/mol. The first-order valence-corrected chi connectivity index (χ1v) is 7.69. The molecule has 0 aliphatic carbocycles. The molecule has 0 amide bonds. The number of aromatic hydroxyl groups is 2. The highest BCUT2D eigenvalue weighted by Crippen LogP contribution is 2.35. The lowest BCUT2D eigenvalue weighted by atomic mass is 9.92. The summed E-state index contributed by atoms with van der Waals surface area (Å²) in [6.45, 7) is 3.43. The van der Waals surface area contributed by atoms with Gasteiger partial charge in [-0.3, -0.25) is 4.79 Å². The fraction of sp³-hybridized carbons (Fsp3) is 0.211. The number of rotatable bonds is 3. The SMILES string of the molecule is COc1ccc(-c2c(C(C)(C)N)oc3cc(O)cc(O)c3c2=O)cc1. The molecule has 0 radical (unpaired) electrons. The van der Waals surface area contributed by atoms with E-state index in [0.717, 1.165) is 6.07 Å². The number of benzene rings is 2. The quantitative estimate of drug-likeness (QED) is 0.676. The molecule has 0 aliphatic heterocycles. The Morgan fingerprint density at radius 1 is 1.12 bits per heavy atom. The maximum atomic E-state index is 13.1. The summed E-state index contributed by atoms with van der Waals surface area (Å²) < 4.78 is 11.0. The topological polar surface area (TPSA) is 106 Å². The minimum atomic E-state index is -0.955. The van der Waals surface area contributed by atoms with Crippen molar-refractivity contribution >= 4 is 11.0 Å². The molecule has 3 aromatic rings. The third kappa shape index (κ3) is 2.92. The summed E-state index contributed by atoms with van der Waals surface area (Å²) in [5.74, 6) is 0.362. The maximum absolute atomic E-state index is 13.1. The number of nitrogens with two attached hydrogens (primary N) is 1. The first-order valence-electron chi connectivity index (χ1n) is 7.69. The van der Waals surface area contributed by atoms with Gasteiger partial charge in [0.1, 0.15) is 34.0 Å². The molecule has 0 unspecified atom stereocenters. The van der Waals surface area contributed by atoms with Crippen molar-refractivity contribution in [3.63, 3.8) is 0 Å². The average molecular weight is 341 g/mol. The van der Waals surface area contributed by atoms with Crippen LogP contribution in [0.3, 0.4) is 0 Å². The Labute approximate surface area is 144 Å². The summed E-state index contributed by atoms with van der Waals surface area (Å²) in [5.41, 5.74) is 5.77. The highest BCUT2D eigenvalue weighted by Gasteiger charge is 2.27. The molecule has 6 nitrogen and oxygen atoms in total. The number of hydrogen-bond donors (Lipinski definition) is 3. The zero-order chi connectivity index (χ0) is 18.4. The molecule has 0 spiro atoms. The third-order valence-electron chi connectivity index (χ3n) is 3.92. The summed E-state index contributed by atoms with van der Waals surface area (Å²) in [6, 6.07) is 9.28. The average Bonchev–Trinajstić information content (AvgIpc) is 2.53. The Hall–Kier alpha value is -2.99. The number of ether oxygens (including phenoxy) is 1. The first kappa shape index (κ1) is 16.9. The zero-order valence-corrected chi connectivity index (χ0v) is 14.2. The van der Waals surface area contributed by atoms with Crippen LogP contribution in [0.5, 0.6) is 17.2 Å². The van der Waals surface area contributed by atoms with Crippen molar-refractivity contribution in [2.75, 3.05) is 7.11 Å². The number of fused-ring (bicyclic) bond motifs is 1. The summed E-state index contributed by atoms with van der Waals surface area (Å²) in [7, 11) is 1.55. The van der Waals surface area contributed by atoms with E-state index in [0.29, 0.717) is 11.3 Å². The van der Waals surface area contributed by atoms with Crippen molar-refractivity contribution in [2.24, 2.45) is 5.73 Å². The van der Waals surface area contributed by atoms with Gasteiger partial charge in [-0.05, 0) is 31.5 Å². The highest BCUT2D eigenvalue weighted by atomic mass is 16.5. The third-order valence-corrected chi connectivity index (χ3v) is 3.92. The van der Waals surface area contributed by atoms with Crippen molar-refractivity contribution in [3.05, 3.63) is 52.4 Å². The molecule has 1 aromatic heterocycles. The van der Waals surface area contributed by atoms with E-state index in [9.17, 15) is 15.0 Å². The van der Waals surface area contributed by atoms with Crippen LogP contribution in [-0.4, -0.2) is 17.3 Å². The van der Waals surface area contributed by atoms with Crippen LogP contribution in [0.25, 0.3) is 22.1 Å². The maximum Gasteiger partial charge on any atom is 0.204 e. The van der Waals surface area contributed by atoms with Gasteiger partial charge in [0.15, 0.2) is 0 Å². The van der Waals surface area contributed by atoms with Gasteiger partial charge in [0, 0.05) is 12.1 Å². The van der Waals surface area contributed by atoms with Crippen molar-refractivity contribution in [1.82, 2.24) is 0 Å². The number of hydrogen-bond acceptors (Lipinski definition) is 6. The van der Waals surface area contributed by atoms with Gasteiger partial charge in [-0.1, -0.05) is 12.1 Å². The lowest BCUT2D eigenvalue weighted by Gasteiger charge is -2.21. The van der Waals surface area contributed by atoms with E-state index in [2.05, 4.69) is 0 Å². The molecule has 1 heterocycles. The highest BCUT2D eigenvalue weighted by molar-refractivity contribution is 5.89. The summed E-state index contributed by atoms with van der Waals surface area (Å²) in [6.07, 6.45) is 0. The van der Waals surface area contributed by atoms with Gasteiger partial charge < -0.3 is 25.1 Å². The second kappa shape index (κ2) is 5.82. The fourth-order valence-electron chi connectivity index (χ4n) is 2.76. The molecule has 0 bridgehead atoms. The molecular formula is C19H19NO5. The van der Waals surface area contributed by atoms with Crippen molar-refractivity contribution in [1.29, 1.82) is 0 Å². The molecule has 0 saturated carbocycles.